The third-order valence-electron chi connectivity index (χ3n) is 2.30. The molecule has 0 aliphatic rings. The molecule has 0 saturated carbocycles. The highest BCUT2D eigenvalue weighted by molar-refractivity contribution is 5.90. The van der Waals surface area contributed by atoms with Gasteiger partial charge >= 0.3 is 0 Å². The van der Waals surface area contributed by atoms with Gasteiger partial charge in [-0.2, -0.15) is 0 Å². The highest BCUT2D eigenvalue weighted by atomic mass is 16.1. The van der Waals surface area contributed by atoms with Crippen LogP contribution in [0.2, 0.25) is 0 Å². The standard InChI is InChI=1S/C15H18O/c1-2-3-12-15(16)13-8-7-11-14-9-5-4-6-10-14/h2-6,8-10,13H,7,11-12H2,1H3/b3-2+,13-8+. The first kappa shape index (κ1) is 12.4. The number of rotatable bonds is 6. The Labute approximate surface area is 97.5 Å². The van der Waals surface area contributed by atoms with Gasteiger partial charge in [-0.3, -0.25) is 4.79 Å². The zero-order chi connectivity index (χ0) is 11.6. The summed E-state index contributed by atoms with van der Waals surface area (Å²) in [7, 11) is 0. The molecule has 0 fully saturated rings. The van der Waals surface area contributed by atoms with E-state index in [1.54, 1.807) is 6.08 Å². The second-order valence-corrected chi connectivity index (χ2v) is 3.67. The maximum Gasteiger partial charge on any atom is 0.159 e. The van der Waals surface area contributed by atoms with E-state index in [1.807, 2.05) is 43.4 Å². The fourth-order valence-electron chi connectivity index (χ4n) is 1.41. The van der Waals surface area contributed by atoms with Gasteiger partial charge in [0.05, 0.1) is 0 Å². The molecule has 0 N–H and O–H groups in total. The van der Waals surface area contributed by atoms with Crippen LogP contribution in [0.5, 0.6) is 0 Å². The van der Waals surface area contributed by atoms with Crippen LogP contribution in [0.15, 0.2) is 54.6 Å². The van der Waals surface area contributed by atoms with Gasteiger partial charge in [0.15, 0.2) is 5.78 Å². The van der Waals surface area contributed by atoms with Crippen LogP contribution in [0, 0.1) is 0 Å². The normalized spacial score (nSPS) is 11.3. The summed E-state index contributed by atoms with van der Waals surface area (Å²) in [5, 5.41) is 0. The Kier molecular flexibility index (Phi) is 5.94. The molecule has 1 heteroatoms. The van der Waals surface area contributed by atoms with Crippen molar-refractivity contribution in [3.05, 3.63) is 60.2 Å². The molecule has 0 bridgehead atoms. The van der Waals surface area contributed by atoms with E-state index >= 15 is 0 Å². The number of allylic oxidation sites excluding steroid dienone is 4. The molecule has 1 nitrogen and oxygen atoms in total. The van der Waals surface area contributed by atoms with E-state index in [0.717, 1.165) is 12.8 Å². The van der Waals surface area contributed by atoms with Crippen LogP contribution >= 0.6 is 0 Å². The summed E-state index contributed by atoms with van der Waals surface area (Å²) in [6.07, 6.45) is 9.85. The van der Waals surface area contributed by atoms with Crippen LogP contribution in [-0.4, -0.2) is 5.78 Å². The third-order valence-corrected chi connectivity index (χ3v) is 2.30. The summed E-state index contributed by atoms with van der Waals surface area (Å²) in [5.74, 6) is 0.172. The number of carbonyl (C=O) groups excluding carboxylic acids is 1. The van der Waals surface area contributed by atoms with Crippen molar-refractivity contribution in [2.75, 3.05) is 0 Å². The molecule has 0 amide bonds. The Hall–Kier alpha value is -1.63. The first-order valence-electron chi connectivity index (χ1n) is 5.67. The maximum absolute atomic E-state index is 11.3. The molecule has 0 aliphatic carbocycles. The van der Waals surface area contributed by atoms with Crippen molar-refractivity contribution in [2.24, 2.45) is 0 Å². The molecular formula is C15H18O. The lowest BCUT2D eigenvalue weighted by molar-refractivity contribution is -0.113. The molecule has 1 aromatic rings. The summed E-state index contributed by atoms with van der Waals surface area (Å²) in [5.41, 5.74) is 1.31. The van der Waals surface area contributed by atoms with Gasteiger partial charge in [-0.1, -0.05) is 48.6 Å². The summed E-state index contributed by atoms with van der Waals surface area (Å²) in [6.45, 7) is 1.92. The number of hydrogen-bond donors (Lipinski definition) is 0. The Morgan fingerprint density at radius 3 is 2.62 bits per heavy atom. The molecule has 1 aromatic carbocycles. The fourth-order valence-corrected chi connectivity index (χ4v) is 1.41. The molecule has 0 radical (unpaired) electrons. The predicted molar refractivity (Wildman–Crippen MR) is 68.3 cm³/mol. The average Bonchev–Trinajstić information content (AvgIpc) is 2.33. The van der Waals surface area contributed by atoms with Crippen molar-refractivity contribution in [3.63, 3.8) is 0 Å². The van der Waals surface area contributed by atoms with Crippen LogP contribution in [0.4, 0.5) is 0 Å². The minimum atomic E-state index is 0.172. The average molecular weight is 214 g/mol. The highest BCUT2D eigenvalue weighted by Gasteiger charge is 1.92. The van der Waals surface area contributed by atoms with Crippen molar-refractivity contribution in [2.45, 2.75) is 26.2 Å². The Morgan fingerprint density at radius 2 is 1.94 bits per heavy atom. The van der Waals surface area contributed by atoms with Gasteiger partial charge in [-0.05, 0) is 31.4 Å². The number of aryl methyl sites for hydroxylation is 1. The summed E-state index contributed by atoms with van der Waals surface area (Å²) in [6, 6.07) is 10.3. The van der Waals surface area contributed by atoms with Crippen molar-refractivity contribution >= 4 is 5.78 Å². The number of ketones is 1. The second-order valence-electron chi connectivity index (χ2n) is 3.67. The Bertz CT molecular complexity index is 360. The van der Waals surface area contributed by atoms with Crippen LogP contribution in [-0.2, 0) is 11.2 Å². The summed E-state index contributed by atoms with van der Waals surface area (Å²) in [4.78, 5) is 11.3. The number of benzene rings is 1. The molecule has 84 valence electrons. The summed E-state index contributed by atoms with van der Waals surface area (Å²) < 4.78 is 0. The van der Waals surface area contributed by atoms with Gasteiger partial charge in [0.25, 0.3) is 0 Å². The minimum Gasteiger partial charge on any atom is -0.295 e. The molecule has 0 aliphatic heterocycles. The van der Waals surface area contributed by atoms with Crippen LogP contribution in [0.3, 0.4) is 0 Å². The lowest BCUT2D eigenvalue weighted by Crippen LogP contribution is -1.89. The van der Waals surface area contributed by atoms with Gasteiger partial charge in [0.2, 0.25) is 0 Å². The van der Waals surface area contributed by atoms with Gasteiger partial charge < -0.3 is 0 Å². The predicted octanol–water partition coefficient (Wildman–Crippen LogP) is 3.71. The lowest BCUT2D eigenvalue weighted by atomic mass is 10.1. The number of carbonyl (C=O) groups is 1. The molecule has 0 atom stereocenters. The molecule has 0 aromatic heterocycles. The third kappa shape index (κ3) is 5.30. The topological polar surface area (TPSA) is 17.1 Å². The Balaban J connectivity index is 2.25. The van der Waals surface area contributed by atoms with Crippen LogP contribution in [0.1, 0.15) is 25.3 Å². The van der Waals surface area contributed by atoms with Crippen LogP contribution in [0.25, 0.3) is 0 Å². The molecule has 0 saturated heterocycles. The second kappa shape index (κ2) is 7.63. The first-order valence-corrected chi connectivity index (χ1v) is 5.67. The lowest BCUT2D eigenvalue weighted by Gasteiger charge is -1.96. The molecule has 0 spiro atoms. The zero-order valence-electron chi connectivity index (χ0n) is 9.73. The Morgan fingerprint density at radius 1 is 1.19 bits per heavy atom. The van der Waals surface area contributed by atoms with Crippen molar-refractivity contribution < 1.29 is 4.79 Å². The molecule has 0 unspecified atom stereocenters. The van der Waals surface area contributed by atoms with E-state index in [2.05, 4.69) is 12.1 Å². The fraction of sp³-hybridized carbons (Fsp3) is 0.267. The van der Waals surface area contributed by atoms with Crippen molar-refractivity contribution in [1.82, 2.24) is 0 Å². The quantitative estimate of drug-likeness (QED) is 0.521. The molecular weight excluding hydrogens is 196 g/mol. The number of hydrogen-bond acceptors (Lipinski definition) is 1. The largest absolute Gasteiger partial charge is 0.295 e. The van der Waals surface area contributed by atoms with Gasteiger partial charge in [0.1, 0.15) is 0 Å². The van der Waals surface area contributed by atoms with Crippen molar-refractivity contribution in [3.8, 4) is 0 Å². The molecule has 0 heterocycles. The highest BCUT2D eigenvalue weighted by Crippen LogP contribution is 2.03. The van der Waals surface area contributed by atoms with E-state index in [1.165, 1.54) is 5.56 Å². The smallest absolute Gasteiger partial charge is 0.159 e. The van der Waals surface area contributed by atoms with Crippen LogP contribution < -0.4 is 0 Å². The van der Waals surface area contributed by atoms with E-state index in [4.69, 9.17) is 0 Å². The van der Waals surface area contributed by atoms with Gasteiger partial charge in [0, 0.05) is 6.42 Å². The van der Waals surface area contributed by atoms with E-state index in [9.17, 15) is 4.79 Å². The first-order chi connectivity index (χ1) is 7.83. The van der Waals surface area contributed by atoms with Gasteiger partial charge in [-0.25, -0.2) is 0 Å². The zero-order valence-corrected chi connectivity index (χ0v) is 9.73. The van der Waals surface area contributed by atoms with Crippen molar-refractivity contribution in [1.29, 1.82) is 0 Å². The van der Waals surface area contributed by atoms with E-state index in [-0.39, 0.29) is 5.78 Å². The monoisotopic (exact) mass is 214 g/mol. The maximum atomic E-state index is 11.3. The van der Waals surface area contributed by atoms with Gasteiger partial charge in [-0.15, -0.1) is 0 Å². The molecule has 1 rings (SSSR count). The molecule has 16 heavy (non-hydrogen) atoms. The summed E-state index contributed by atoms with van der Waals surface area (Å²) >= 11 is 0. The van der Waals surface area contributed by atoms with E-state index < -0.39 is 0 Å². The SMILES string of the molecule is C/C=C/CC(=O)/C=C/CCc1ccccc1. The minimum absolute atomic E-state index is 0.172. The van der Waals surface area contributed by atoms with E-state index in [0.29, 0.717) is 6.42 Å².